The normalized spacial score (nSPS) is 15.5. The molecule has 1 N–H and O–H groups in total. The second kappa shape index (κ2) is 8.16. The fourth-order valence-electron chi connectivity index (χ4n) is 4.03. The zero-order valence-corrected chi connectivity index (χ0v) is 19.0. The van der Waals surface area contributed by atoms with Gasteiger partial charge in [0.2, 0.25) is 0 Å². The van der Waals surface area contributed by atoms with E-state index < -0.39 is 11.8 Å². The monoisotopic (exact) mass is 447 g/mol. The van der Waals surface area contributed by atoms with Gasteiger partial charge in [0.1, 0.15) is 11.4 Å². The summed E-state index contributed by atoms with van der Waals surface area (Å²) in [5.41, 5.74) is 5.07. The van der Waals surface area contributed by atoms with Crippen molar-refractivity contribution in [1.29, 1.82) is 0 Å². The van der Waals surface area contributed by atoms with E-state index in [9.17, 15) is 14.0 Å². The van der Waals surface area contributed by atoms with Crippen molar-refractivity contribution in [3.05, 3.63) is 88.0 Å². The molecule has 7 heteroatoms. The van der Waals surface area contributed by atoms with E-state index >= 15 is 0 Å². The number of nitrogens with one attached hydrogen (secondary N) is 1. The van der Waals surface area contributed by atoms with Gasteiger partial charge in [0.05, 0.1) is 11.4 Å². The Labute approximate surface area is 191 Å². The number of anilines is 1. The topological polar surface area (TPSA) is 54.3 Å². The predicted molar refractivity (Wildman–Crippen MR) is 127 cm³/mol. The standard InChI is InChI=1S/C25H22FN3O2S/c1-14-9-10-21(15(2)11-14)29-24(31)19(23(30)27-25(29)32)13-18-12-16(3)28(17(18)4)22-8-6-5-7-20(22)26/h5-13H,1-4H3,(H,27,30,32)/b19-13+. The van der Waals surface area contributed by atoms with Gasteiger partial charge in [0, 0.05) is 11.4 Å². The van der Waals surface area contributed by atoms with Gasteiger partial charge >= 0.3 is 0 Å². The van der Waals surface area contributed by atoms with Crippen LogP contribution in [0.3, 0.4) is 0 Å². The van der Waals surface area contributed by atoms with Gasteiger partial charge in [0.15, 0.2) is 5.11 Å². The molecule has 162 valence electrons. The minimum Gasteiger partial charge on any atom is -0.315 e. The number of para-hydroxylation sites is 1. The van der Waals surface area contributed by atoms with Crippen LogP contribution in [0.2, 0.25) is 0 Å². The smallest absolute Gasteiger partial charge is 0.270 e. The molecule has 1 aliphatic heterocycles. The number of benzene rings is 2. The van der Waals surface area contributed by atoms with E-state index in [-0.39, 0.29) is 16.5 Å². The van der Waals surface area contributed by atoms with Crippen molar-refractivity contribution in [2.75, 3.05) is 4.90 Å². The molecule has 0 saturated carbocycles. The molecule has 0 spiro atoms. The number of nitrogens with zero attached hydrogens (tertiary/aromatic N) is 2. The average molecular weight is 448 g/mol. The number of rotatable bonds is 3. The van der Waals surface area contributed by atoms with Crippen LogP contribution in [-0.4, -0.2) is 21.5 Å². The van der Waals surface area contributed by atoms with E-state index in [2.05, 4.69) is 5.32 Å². The first-order valence-corrected chi connectivity index (χ1v) is 10.5. The van der Waals surface area contributed by atoms with Crippen molar-refractivity contribution < 1.29 is 14.0 Å². The van der Waals surface area contributed by atoms with Crippen LogP contribution < -0.4 is 10.2 Å². The van der Waals surface area contributed by atoms with E-state index in [0.717, 1.165) is 16.8 Å². The van der Waals surface area contributed by atoms with Crippen LogP contribution in [0.15, 0.2) is 54.1 Å². The Balaban J connectivity index is 1.79. The van der Waals surface area contributed by atoms with Crippen molar-refractivity contribution in [3.63, 3.8) is 0 Å². The number of carbonyl (C=O) groups is 2. The SMILES string of the molecule is Cc1ccc(N2C(=O)/C(=C/c3cc(C)n(-c4ccccc4F)c3C)C(=O)NC2=S)c(C)c1. The first-order chi connectivity index (χ1) is 15.2. The zero-order chi connectivity index (χ0) is 23.2. The lowest BCUT2D eigenvalue weighted by atomic mass is 10.0. The highest BCUT2D eigenvalue weighted by atomic mass is 32.1. The summed E-state index contributed by atoms with van der Waals surface area (Å²) in [6, 6.07) is 13.9. The van der Waals surface area contributed by atoms with Crippen LogP contribution in [0.5, 0.6) is 0 Å². The molecule has 1 fully saturated rings. The summed E-state index contributed by atoms with van der Waals surface area (Å²) in [5, 5.41) is 2.66. The molecule has 2 amide bonds. The van der Waals surface area contributed by atoms with Crippen molar-refractivity contribution in [1.82, 2.24) is 9.88 Å². The van der Waals surface area contributed by atoms with Crippen LogP contribution in [0.25, 0.3) is 11.8 Å². The Kier molecular flexibility index (Phi) is 5.52. The molecule has 1 aliphatic rings. The number of hydrogen-bond donors (Lipinski definition) is 1. The maximum absolute atomic E-state index is 14.4. The van der Waals surface area contributed by atoms with Crippen molar-refractivity contribution >= 4 is 40.9 Å². The molecule has 5 nitrogen and oxygen atoms in total. The van der Waals surface area contributed by atoms with Gasteiger partial charge in [0.25, 0.3) is 11.8 Å². The Hall–Kier alpha value is -3.58. The molecule has 0 radical (unpaired) electrons. The second-order valence-electron chi connectivity index (χ2n) is 7.86. The predicted octanol–water partition coefficient (Wildman–Crippen LogP) is 4.68. The molecule has 0 atom stereocenters. The summed E-state index contributed by atoms with van der Waals surface area (Å²) in [6.45, 7) is 7.52. The summed E-state index contributed by atoms with van der Waals surface area (Å²) in [6.07, 6.45) is 1.54. The van der Waals surface area contributed by atoms with Gasteiger partial charge in [-0.1, -0.05) is 29.8 Å². The summed E-state index contributed by atoms with van der Waals surface area (Å²) in [5.74, 6) is -1.41. The molecule has 4 rings (SSSR count). The molecule has 1 saturated heterocycles. The van der Waals surface area contributed by atoms with E-state index in [4.69, 9.17) is 12.2 Å². The first-order valence-electron chi connectivity index (χ1n) is 10.1. The molecule has 0 aliphatic carbocycles. The summed E-state index contributed by atoms with van der Waals surface area (Å²) in [7, 11) is 0. The first kappa shape index (κ1) is 21.6. The maximum atomic E-state index is 14.4. The largest absolute Gasteiger partial charge is 0.315 e. The number of hydrogen-bond acceptors (Lipinski definition) is 3. The number of aryl methyl sites for hydroxylation is 3. The van der Waals surface area contributed by atoms with Gasteiger partial charge in [-0.05, 0) is 81.4 Å². The third kappa shape index (κ3) is 3.65. The van der Waals surface area contributed by atoms with Crippen LogP contribution in [0, 0.1) is 33.5 Å². The van der Waals surface area contributed by atoms with Crippen molar-refractivity contribution in [3.8, 4) is 5.69 Å². The fraction of sp³-hybridized carbons (Fsp3) is 0.160. The quantitative estimate of drug-likeness (QED) is 0.360. The Morgan fingerprint density at radius 1 is 0.969 bits per heavy atom. The van der Waals surface area contributed by atoms with Gasteiger partial charge in [-0.3, -0.25) is 19.8 Å². The maximum Gasteiger partial charge on any atom is 0.270 e. The molecule has 3 aromatic rings. The molecular weight excluding hydrogens is 425 g/mol. The number of aromatic nitrogens is 1. The number of thiocarbonyl (C=S) groups is 1. The van der Waals surface area contributed by atoms with Crippen LogP contribution >= 0.6 is 12.2 Å². The molecule has 0 unspecified atom stereocenters. The Morgan fingerprint density at radius 3 is 2.38 bits per heavy atom. The molecule has 2 aromatic carbocycles. The molecule has 0 bridgehead atoms. The highest BCUT2D eigenvalue weighted by Crippen LogP contribution is 2.28. The zero-order valence-electron chi connectivity index (χ0n) is 18.2. The molecular formula is C25H22FN3O2S. The van der Waals surface area contributed by atoms with Gasteiger partial charge in [-0.25, -0.2) is 4.39 Å². The van der Waals surface area contributed by atoms with Gasteiger partial charge in [-0.15, -0.1) is 0 Å². The number of carbonyl (C=O) groups excluding carboxylic acids is 2. The van der Waals surface area contributed by atoms with Gasteiger partial charge < -0.3 is 4.57 Å². The lowest BCUT2D eigenvalue weighted by Gasteiger charge is -2.30. The lowest BCUT2D eigenvalue weighted by Crippen LogP contribution is -2.54. The molecule has 2 heterocycles. The second-order valence-corrected chi connectivity index (χ2v) is 8.25. The van der Waals surface area contributed by atoms with Crippen LogP contribution in [0.4, 0.5) is 10.1 Å². The summed E-state index contributed by atoms with van der Waals surface area (Å²) in [4.78, 5) is 27.4. The van der Waals surface area contributed by atoms with Crippen LogP contribution in [0.1, 0.15) is 28.1 Å². The average Bonchev–Trinajstić information content (AvgIpc) is 3.00. The number of halogens is 1. The van der Waals surface area contributed by atoms with E-state index in [1.165, 1.54) is 17.0 Å². The highest BCUT2D eigenvalue weighted by Gasteiger charge is 2.35. The summed E-state index contributed by atoms with van der Waals surface area (Å²) >= 11 is 5.30. The van der Waals surface area contributed by atoms with Crippen molar-refractivity contribution in [2.24, 2.45) is 0 Å². The number of amides is 2. The Bertz CT molecular complexity index is 1320. The van der Waals surface area contributed by atoms with E-state index in [1.807, 2.05) is 52.0 Å². The van der Waals surface area contributed by atoms with E-state index in [1.54, 1.807) is 22.8 Å². The minimum absolute atomic E-state index is 0.0349. The Morgan fingerprint density at radius 2 is 1.69 bits per heavy atom. The van der Waals surface area contributed by atoms with E-state index in [0.29, 0.717) is 22.6 Å². The lowest BCUT2D eigenvalue weighted by molar-refractivity contribution is -0.122. The molecule has 1 aromatic heterocycles. The van der Waals surface area contributed by atoms with Crippen molar-refractivity contribution in [2.45, 2.75) is 27.7 Å². The minimum atomic E-state index is -0.559. The highest BCUT2D eigenvalue weighted by molar-refractivity contribution is 7.80. The summed E-state index contributed by atoms with van der Waals surface area (Å²) < 4.78 is 16.2. The third-order valence-corrected chi connectivity index (χ3v) is 5.84. The third-order valence-electron chi connectivity index (χ3n) is 5.56. The van der Waals surface area contributed by atoms with Crippen LogP contribution in [-0.2, 0) is 9.59 Å². The fourth-order valence-corrected chi connectivity index (χ4v) is 4.30. The molecule has 32 heavy (non-hydrogen) atoms. The van der Waals surface area contributed by atoms with Gasteiger partial charge in [-0.2, -0.15) is 0 Å².